The summed E-state index contributed by atoms with van der Waals surface area (Å²) < 4.78 is 5.33. The Kier molecular flexibility index (Phi) is 4.79. The average molecular weight is 324 g/mol. The van der Waals surface area contributed by atoms with Crippen LogP contribution in [0.3, 0.4) is 0 Å². The second kappa shape index (κ2) is 7.17. The van der Waals surface area contributed by atoms with Gasteiger partial charge in [0.25, 0.3) is 5.91 Å². The molecule has 0 saturated heterocycles. The SMILES string of the molecule is CN(C(=O)Oc1ccc(C(=O)NCC2CC2)cc1)c1ccccc1. The highest BCUT2D eigenvalue weighted by Gasteiger charge is 2.21. The molecule has 0 aliphatic heterocycles. The van der Waals surface area contributed by atoms with E-state index in [1.165, 1.54) is 17.7 Å². The maximum absolute atomic E-state index is 12.1. The molecule has 0 atom stereocenters. The molecule has 0 spiro atoms. The Morgan fingerprint density at radius 1 is 1.08 bits per heavy atom. The molecule has 0 aromatic heterocycles. The Balaban J connectivity index is 1.57. The van der Waals surface area contributed by atoms with Gasteiger partial charge in [-0.1, -0.05) is 18.2 Å². The van der Waals surface area contributed by atoms with Gasteiger partial charge in [-0.3, -0.25) is 9.69 Å². The number of ether oxygens (including phenoxy) is 1. The summed E-state index contributed by atoms with van der Waals surface area (Å²) >= 11 is 0. The third-order valence-corrected chi connectivity index (χ3v) is 3.99. The first-order chi connectivity index (χ1) is 11.6. The Morgan fingerprint density at radius 2 is 1.75 bits per heavy atom. The molecule has 5 heteroatoms. The van der Waals surface area contributed by atoms with E-state index in [0.29, 0.717) is 17.2 Å². The van der Waals surface area contributed by atoms with Crippen molar-refractivity contribution in [3.63, 3.8) is 0 Å². The summed E-state index contributed by atoms with van der Waals surface area (Å²) in [5.74, 6) is 0.949. The van der Waals surface area contributed by atoms with Crippen LogP contribution in [-0.2, 0) is 0 Å². The van der Waals surface area contributed by atoms with Crippen molar-refractivity contribution in [1.82, 2.24) is 5.32 Å². The Bertz CT molecular complexity index is 709. The number of benzene rings is 2. The number of hydrogen-bond donors (Lipinski definition) is 1. The van der Waals surface area contributed by atoms with Gasteiger partial charge in [-0.2, -0.15) is 0 Å². The fourth-order valence-corrected chi connectivity index (χ4v) is 2.26. The van der Waals surface area contributed by atoms with Gasteiger partial charge >= 0.3 is 6.09 Å². The Labute approximate surface area is 141 Å². The van der Waals surface area contributed by atoms with Crippen molar-refractivity contribution in [3.8, 4) is 5.75 Å². The number of hydrogen-bond acceptors (Lipinski definition) is 3. The van der Waals surface area contributed by atoms with Gasteiger partial charge in [-0.05, 0) is 55.2 Å². The number of amides is 2. The first-order valence-corrected chi connectivity index (χ1v) is 8.02. The lowest BCUT2D eigenvalue weighted by Crippen LogP contribution is -2.29. The lowest BCUT2D eigenvalue weighted by atomic mass is 10.2. The van der Waals surface area contributed by atoms with Gasteiger partial charge in [-0.25, -0.2) is 4.79 Å². The van der Waals surface area contributed by atoms with Crippen molar-refractivity contribution in [2.75, 3.05) is 18.5 Å². The van der Waals surface area contributed by atoms with E-state index in [1.54, 1.807) is 31.3 Å². The van der Waals surface area contributed by atoms with Crippen molar-refractivity contribution in [2.24, 2.45) is 5.92 Å². The monoisotopic (exact) mass is 324 g/mol. The summed E-state index contributed by atoms with van der Waals surface area (Å²) in [5, 5.41) is 2.91. The highest BCUT2D eigenvalue weighted by molar-refractivity contribution is 5.94. The molecule has 3 rings (SSSR count). The molecule has 2 amide bonds. The highest BCUT2D eigenvalue weighted by Crippen LogP contribution is 2.27. The highest BCUT2D eigenvalue weighted by atomic mass is 16.6. The summed E-state index contributed by atoms with van der Waals surface area (Å²) in [6.45, 7) is 0.734. The second-order valence-electron chi connectivity index (χ2n) is 5.94. The summed E-state index contributed by atoms with van der Waals surface area (Å²) in [5.41, 5.74) is 1.31. The maximum atomic E-state index is 12.1. The van der Waals surface area contributed by atoms with Crippen LogP contribution in [0.5, 0.6) is 5.75 Å². The molecule has 24 heavy (non-hydrogen) atoms. The predicted molar refractivity (Wildman–Crippen MR) is 92.4 cm³/mol. The van der Waals surface area contributed by atoms with Gasteiger partial charge in [0.2, 0.25) is 0 Å². The van der Waals surface area contributed by atoms with Crippen LogP contribution >= 0.6 is 0 Å². The van der Waals surface area contributed by atoms with Crippen LogP contribution in [0.15, 0.2) is 54.6 Å². The van der Waals surface area contributed by atoms with E-state index in [4.69, 9.17) is 4.74 Å². The minimum Gasteiger partial charge on any atom is -0.410 e. The van der Waals surface area contributed by atoms with E-state index in [0.717, 1.165) is 12.2 Å². The Hall–Kier alpha value is -2.82. The lowest BCUT2D eigenvalue weighted by molar-refractivity contribution is 0.0952. The van der Waals surface area contributed by atoms with Crippen LogP contribution < -0.4 is 15.0 Å². The number of nitrogens with one attached hydrogen (secondary N) is 1. The van der Waals surface area contributed by atoms with Crippen LogP contribution in [-0.4, -0.2) is 25.6 Å². The number of rotatable bonds is 5. The molecule has 1 fully saturated rings. The van der Waals surface area contributed by atoms with Crippen LogP contribution in [0.1, 0.15) is 23.2 Å². The molecule has 0 radical (unpaired) electrons. The zero-order chi connectivity index (χ0) is 16.9. The smallest absolute Gasteiger partial charge is 0.410 e. The van der Waals surface area contributed by atoms with Crippen molar-refractivity contribution in [2.45, 2.75) is 12.8 Å². The molecule has 0 unspecified atom stereocenters. The van der Waals surface area contributed by atoms with Crippen molar-refractivity contribution in [3.05, 3.63) is 60.2 Å². The molecule has 0 heterocycles. The standard InChI is InChI=1S/C19H20N2O3/c1-21(16-5-3-2-4-6-16)19(23)24-17-11-9-15(10-12-17)18(22)20-13-14-7-8-14/h2-6,9-12,14H,7-8,13H2,1H3,(H,20,22). The number of para-hydroxylation sites is 1. The number of nitrogens with zero attached hydrogens (tertiary/aromatic N) is 1. The molecular weight excluding hydrogens is 304 g/mol. The van der Waals surface area contributed by atoms with Crippen LogP contribution in [0.2, 0.25) is 0 Å². The summed E-state index contributed by atoms with van der Waals surface area (Å²) in [6.07, 6.45) is 1.92. The largest absolute Gasteiger partial charge is 0.419 e. The zero-order valence-electron chi connectivity index (χ0n) is 13.6. The van der Waals surface area contributed by atoms with Gasteiger partial charge in [0.15, 0.2) is 0 Å². The quantitative estimate of drug-likeness (QED) is 0.916. The zero-order valence-corrected chi connectivity index (χ0v) is 13.6. The van der Waals surface area contributed by atoms with E-state index in [2.05, 4.69) is 5.32 Å². The summed E-state index contributed by atoms with van der Waals surface area (Å²) in [7, 11) is 1.65. The van der Waals surface area contributed by atoms with E-state index in [-0.39, 0.29) is 5.91 Å². The van der Waals surface area contributed by atoms with E-state index < -0.39 is 6.09 Å². The van der Waals surface area contributed by atoms with Gasteiger partial charge in [-0.15, -0.1) is 0 Å². The lowest BCUT2D eigenvalue weighted by Gasteiger charge is -2.16. The normalized spacial score (nSPS) is 13.2. The van der Waals surface area contributed by atoms with Gasteiger partial charge in [0.05, 0.1) is 0 Å². The summed E-state index contributed by atoms with van der Waals surface area (Å²) in [4.78, 5) is 25.5. The Morgan fingerprint density at radius 3 is 2.38 bits per heavy atom. The first-order valence-electron chi connectivity index (χ1n) is 8.02. The van der Waals surface area contributed by atoms with E-state index in [1.807, 2.05) is 30.3 Å². The number of carbonyl (C=O) groups excluding carboxylic acids is 2. The van der Waals surface area contributed by atoms with Crippen LogP contribution in [0, 0.1) is 5.92 Å². The van der Waals surface area contributed by atoms with Crippen molar-refractivity contribution in [1.29, 1.82) is 0 Å². The molecule has 5 nitrogen and oxygen atoms in total. The minimum absolute atomic E-state index is 0.0961. The summed E-state index contributed by atoms with van der Waals surface area (Å²) in [6, 6.07) is 15.8. The fourth-order valence-electron chi connectivity index (χ4n) is 2.26. The van der Waals surface area contributed by atoms with E-state index in [9.17, 15) is 9.59 Å². The topological polar surface area (TPSA) is 58.6 Å². The predicted octanol–water partition coefficient (Wildman–Crippen LogP) is 3.46. The van der Waals surface area contributed by atoms with Crippen molar-refractivity contribution >= 4 is 17.7 Å². The van der Waals surface area contributed by atoms with Crippen molar-refractivity contribution < 1.29 is 14.3 Å². The van der Waals surface area contributed by atoms with Crippen LogP contribution in [0.4, 0.5) is 10.5 Å². The second-order valence-corrected chi connectivity index (χ2v) is 5.94. The fraction of sp³-hybridized carbons (Fsp3) is 0.263. The molecule has 1 aliphatic carbocycles. The molecule has 1 saturated carbocycles. The number of carbonyl (C=O) groups is 2. The molecule has 1 aliphatic rings. The maximum Gasteiger partial charge on any atom is 0.419 e. The average Bonchev–Trinajstić information content (AvgIpc) is 3.45. The third kappa shape index (κ3) is 4.13. The van der Waals surface area contributed by atoms with Gasteiger partial charge in [0, 0.05) is 24.8 Å². The molecule has 124 valence electrons. The van der Waals surface area contributed by atoms with Gasteiger partial charge in [0.1, 0.15) is 5.75 Å². The van der Waals surface area contributed by atoms with E-state index >= 15 is 0 Å². The number of anilines is 1. The third-order valence-electron chi connectivity index (χ3n) is 3.99. The molecule has 1 N–H and O–H groups in total. The molecule has 0 bridgehead atoms. The molecule has 2 aromatic rings. The van der Waals surface area contributed by atoms with Crippen LogP contribution in [0.25, 0.3) is 0 Å². The molecule has 2 aromatic carbocycles. The minimum atomic E-state index is -0.480. The first kappa shape index (κ1) is 16.1. The molecular formula is C19H20N2O3. The van der Waals surface area contributed by atoms with Gasteiger partial charge < -0.3 is 10.1 Å².